The van der Waals surface area contributed by atoms with E-state index in [0.717, 1.165) is 18.4 Å². The lowest BCUT2D eigenvalue weighted by Crippen LogP contribution is -2.64. The molecule has 0 aromatic heterocycles. The molecule has 0 spiro atoms. The first kappa shape index (κ1) is 19.2. The van der Waals surface area contributed by atoms with Gasteiger partial charge in [-0.15, -0.1) is 0 Å². The lowest BCUT2D eigenvalue weighted by Gasteiger charge is -2.60. The van der Waals surface area contributed by atoms with Crippen LogP contribution in [0.3, 0.4) is 0 Å². The van der Waals surface area contributed by atoms with E-state index in [-0.39, 0.29) is 35.4 Å². The summed E-state index contributed by atoms with van der Waals surface area (Å²) in [6.07, 6.45) is 3.01. The molecule has 0 aromatic carbocycles. The molecule has 4 N–H and O–H groups in total. The third-order valence-corrected chi connectivity index (χ3v) is 8.69. The Morgan fingerprint density at radius 2 is 1.96 bits per heavy atom. The molecule has 6 nitrogen and oxygen atoms in total. The van der Waals surface area contributed by atoms with Crippen LogP contribution in [0.4, 0.5) is 0 Å². The van der Waals surface area contributed by atoms with Crippen LogP contribution < -0.4 is 0 Å². The van der Waals surface area contributed by atoms with Crippen molar-refractivity contribution in [2.45, 2.75) is 70.2 Å². The molecule has 4 aliphatic rings. The quantitative estimate of drug-likeness (QED) is 0.564. The largest absolute Gasteiger partial charge is 0.393 e. The van der Waals surface area contributed by atoms with Gasteiger partial charge in [-0.3, -0.25) is 9.59 Å². The monoisotopic (exact) mass is 378 g/mol. The summed E-state index contributed by atoms with van der Waals surface area (Å²) in [4.78, 5) is 24.3. The van der Waals surface area contributed by atoms with E-state index in [0.29, 0.717) is 19.3 Å². The van der Waals surface area contributed by atoms with Crippen molar-refractivity contribution in [3.8, 4) is 0 Å². The number of hydrogen-bond acceptors (Lipinski definition) is 6. The smallest absolute Gasteiger partial charge is 0.192 e. The van der Waals surface area contributed by atoms with Crippen LogP contribution in [0.1, 0.15) is 52.4 Å². The highest BCUT2D eigenvalue weighted by Gasteiger charge is 2.71. The minimum atomic E-state index is -2.03. The van der Waals surface area contributed by atoms with Gasteiger partial charge in [0.1, 0.15) is 6.61 Å². The maximum absolute atomic E-state index is 12.4. The number of aliphatic hydroxyl groups excluding tert-OH is 3. The second-order valence-electron chi connectivity index (χ2n) is 9.68. The standard InChI is InChI=1S/C21H30O6/c1-19-6-5-12(23)7-11(19)3-4-13-14-8-16(25)21(27,17(26)10-22)20(14,2)9-15(24)18(13)19/h7,13-16,18,22,24-25,27H,3-6,8-10H2,1-2H3/t13-,14-,15+,16+,18+,19-,20+,21-/m0/s1. The van der Waals surface area contributed by atoms with E-state index in [1.165, 1.54) is 0 Å². The second-order valence-corrected chi connectivity index (χ2v) is 9.68. The molecule has 0 radical (unpaired) electrons. The second kappa shape index (κ2) is 5.96. The minimum absolute atomic E-state index is 0.0533. The van der Waals surface area contributed by atoms with Crippen molar-refractivity contribution >= 4 is 11.6 Å². The Hall–Kier alpha value is -1.08. The van der Waals surface area contributed by atoms with Crippen LogP contribution in [-0.4, -0.2) is 56.4 Å². The van der Waals surface area contributed by atoms with Crippen LogP contribution in [0, 0.1) is 28.6 Å². The SMILES string of the molecule is C[C@]12CCC(=O)C=C1CC[C@@H]1[C@@H]2[C@H](O)C[C@]2(C)[C@H]1C[C@@H](O)[C@]2(O)C(=O)CO. The molecule has 0 aliphatic heterocycles. The number of allylic oxidation sites excluding steroid dienone is 1. The van der Waals surface area contributed by atoms with E-state index >= 15 is 0 Å². The van der Waals surface area contributed by atoms with E-state index in [2.05, 4.69) is 6.92 Å². The molecule has 4 aliphatic carbocycles. The van der Waals surface area contributed by atoms with Crippen molar-refractivity contribution in [2.24, 2.45) is 28.6 Å². The summed E-state index contributed by atoms with van der Waals surface area (Å²) in [7, 11) is 0. The fourth-order valence-corrected chi connectivity index (χ4v) is 7.32. The highest BCUT2D eigenvalue weighted by atomic mass is 16.4. The molecule has 0 heterocycles. The van der Waals surface area contributed by atoms with Crippen molar-refractivity contribution in [3.05, 3.63) is 11.6 Å². The van der Waals surface area contributed by atoms with Gasteiger partial charge in [-0.25, -0.2) is 0 Å². The van der Waals surface area contributed by atoms with Gasteiger partial charge in [0, 0.05) is 11.8 Å². The van der Waals surface area contributed by atoms with Crippen molar-refractivity contribution in [1.82, 2.24) is 0 Å². The van der Waals surface area contributed by atoms with Gasteiger partial charge >= 0.3 is 0 Å². The molecule has 4 rings (SSSR count). The van der Waals surface area contributed by atoms with Gasteiger partial charge in [0.15, 0.2) is 17.2 Å². The Kier molecular flexibility index (Phi) is 4.25. The summed E-state index contributed by atoms with van der Waals surface area (Å²) >= 11 is 0. The van der Waals surface area contributed by atoms with Gasteiger partial charge in [0.25, 0.3) is 0 Å². The summed E-state index contributed by atoms with van der Waals surface area (Å²) in [5.41, 5.74) is -2.15. The fraction of sp³-hybridized carbons (Fsp3) is 0.810. The van der Waals surface area contributed by atoms with E-state index < -0.39 is 35.6 Å². The molecule has 3 saturated carbocycles. The van der Waals surface area contributed by atoms with Crippen LogP contribution in [0.15, 0.2) is 11.6 Å². The van der Waals surface area contributed by atoms with Crippen LogP contribution in [0.5, 0.6) is 0 Å². The molecule has 3 fully saturated rings. The molecule has 0 aromatic rings. The highest BCUT2D eigenvalue weighted by Crippen LogP contribution is 2.67. The van der Waals surface area contributed by atoms with Crippen LogP contribution in [0.2, 0.25) is 0 Å². The summed E-state index contributed by atoms with van der Waals surface area (Å²) in [5, 5.41) is 42.4. The summed E-state index contributed by atoms with van der Waals surface area (Å²) < 4.78 is 0. The van der Waals surface area contributed by atoms with Crippen molar-refractivity contribution < 1.29 is 30.0 Å². The van der Waals surface area contributed by atoms with Gasteiger partial charge < -0.3 is 20.4 Å². The summed E-state index contributed by atoms with van der Waals surface area (Å²) in [6.45, 7) is 3.08. The first-order valence-electron chi connectivity index (χ1n) is 10.1. The minimum Gasteiger partial charge on any atom is -0.393 e. The lowest BCUT2D eigenvalue weighted by molar-refractivity contribution is -0.193. The van der Waals surface area contributed by atoms with E-state index in [9.17, 15) is 30.0 Å². The molecular formula is C21H30O6. The number of carbonyl (C=O) groups excluding carboxylic acids is 2. The number of hydrogen-bond donors (Lipinski definition) is 4. The molecule has 0 saturated heterocycles. The summed E-state index contributed by atoms with van der Waals surface area (Å²) in [6, 6.07) is 0. The molecule has 150 valence electrons. The highest BCUT2D eigenvalue weighted by molar-refractivity contribution is 5.92. The van der Waals surface area contributed by atoms with E-state index in [4.69, 9.17) is 0 Å². The zero-order valence-electron chi connectivity index (χ0n) is 16.0. The maximum Gasteiger partial charge on any atom is 0.192 e. The van der Waals surface area contributed by atoms with Gasteiger partial charge in [0.05, 0.1) is 12.2 Å². The Bertz CT molecular complexity index is 715. The number of fused-ring (bicyclic) bond motifs is 5. The molecule has 0 amide bonds. The Balaban J connectivity index is 1.77. The predicted octanol–water partition coefficient (Wildman–Crippen LogP) is 0.752. The molecular weight excluding hydrogens is 348 g/mol. The van der Waals surface area contributed by atoms with Gasteiger partial charge in [-0.1, -0.05) is 19.4 Å². The van der Waals surface area contributed by atoms with Crippen LogP contribution >= 0.6 is 0 Å². The molecule has 0 unspecified atom stereocenters. The average Bonchev–Trinajstić information content (AvgIpc) is 2.82. The van der Waals surface area contributed by atoms with Gasteiger partial charge in [-0.05, 0) is 61.3 Å². The number of rotatable bonds is 2. The zero-order valence-corrected chi connectivity index (χ0v) is 16.0. The molecule has 0 bridgehead atoms. The van der Waals surface area contributed by atoms with Gasteiger partial charge in [0.2, 0.25) is 0 Å². The van der Waals surface area contributed by atoms with Crippen LogP contribution in [0.25, 0.3) is 0 Å². The topological polar surface area (TPSA) is 115 Å². The molecule has 6 heteroatoms. The third-order valence-electron chi connectivity index (χ3n) is 8.69. The number of aliphatic hydroxyl groups is 4. The van der Waals surface area contributed by atoms with Crippen molar-refractivity contribution in [3.63, 3.8) is 0 Å². The molecule has 27 heavy (non-hydrogen) atoms. The Morgan fingerprint density at radius 1 is 1.26 bits per heavy atom. The lowest BCUT2D eigenvalue weighted by atomic mass is 9.45. The Morgan fingerprint density at radius 3 is 2.63 bits per heavy atom. The zero-order chi connectivity index (χ0) is 19.8. The number of carbonyl (C=O) groups is 2. The predicted molar refractivity (Wildman–Crippen MR) is 96.5 cm³/mol. The molecule has 8 atom stereocenters. The third kappa shape index (κ3) is 2.27. The number of ketones is 2. The van der Waals surface area contributed by atoms with Crippen molar-refractivity contribution in [2.75, 3.05) is 6.61 Å². The van der Waals surface area contributed by atoms with E-state index in [1.54, 1.807) is 13.0 Å². The summed E-state index contributed by atoms with van der Waals surface area (Å²) in [5.74, 6) is -0.726. The van der Waals surface area contributed by atoms with E-state index in [1.807, 2.05) is 0 Å². The van der Waals surface area contributed by atoms with Crippen LogP contribution in [-0.2, 0) is 9.59 Å². The van der Waals surface area contributed by atoms with Crippen molar-refractivity contribution in [1.29, 1.82) is 0 Å². The average molecular weight is 378 g/mol. The Labute approximate surface area is 159 Å². The number of Topliss-reactive ketones (excluding diaryl/α,β-unsaturated/α-hetero) is 1. The van der Waals surface area contributed by atoms with Gasteiger partial charge in [-0.2, -0.15) is 0 Å². The first-order chi connectivity index (χ1) is 12.6. The maximum atomic E-state index is 12.4. The fourth-order valence-electron chi connectivity index (χ4n) is 7.32. The normalized spacial score (nSPS) is 51.9. The first-order valence-corrected chi connectivity index (χ1v) is 10.1.